The van der Waals surface area contributed by atoms with Crippen LogP contribution >= 0.6 is 0 Å². The van der Waals surface area contributed by atoms with E-state index >= 15 is 0 Å². The maximum atomic E-state index is 5.99. The minimum absolute atomic E-state index is 0.402. The molecule has 0 spiro atoms. The zero-order valence-corrected chi connectivity index (χ0v) is 18.3. The highest BCUT2D eigenvalue weighted by Crippen LogP contribution is 2.21. The van der Waals surface area contributed by atoms with E-state index in [1.165, 1.54) is 11.1 Å². The third kappa shape index (κ3) is 5.00. The van der Waals surface area contributed by atoms with Crippen molar-refractivity contribution in [2.75, 3.05) is 13.7 Å². The number of fused-ring (bicyclic) bond motifs is 1. The van der Waals surface area contributed by atoms with Gasteiger partial charge in [-0.1, -0.05) is 18.2 Å². The summed E-state index contributed by atoms with van der Waals surface area (Å²) in [6.07, 6.45) is 0.878. The fourth-order valence-electron chi connectivity index (χ4n) is 3.52. The van der Waals surface area contributed by atoms with Gasteiger partial charge < -0.3 is 18.8 Å². The van der Waals surface area contributed by atoms with Crippen LogP contribution in [0.15, 0.2) is 66.7 Å². The lowest BCUT2D eigenvalue weighted by Crippen LogP contribution is -2.10. The molecule has 0 unspecified atom stereocenters. The number of methoxy groups -OCH3 is 1. The highest BCUT2D eigenvalue weighted by atomic mass is 16.5. The van der Waals surface area contributed by atoms with E-state index in [-0.39, 0.29) is 0 Å². The third-order valence-corrected chi connectivity index (χ3v) is 5.43. The molecule has 31 heavy (non-hydrogen) atoms. The van der Waals surface area contributed by atoms with E-state index in [9.17, 15) is 0 Å². The van der Waals surface area contributed by atoms with Gasteiger partial charge in [0.25, 0.3) is 0 Å². The van der Waals surface area contributed by atoms with Crippen molar-refractivity contribution < 1.29 is 14.2 Å². The summed E-state index contributed by atoms with van der Waals surface area (Å²) in [6.45, 7) is 6.08. The van der Waals surface area contributed by atoms with Gasteiger partial charge in [0, 0.05) is 6.54 Å². The number of hydrogen-bond donors (Lipinski definition) is 0. The van der Waals surface area contributed by atoms with E-state index in [4.69, 9.17) is 19.2 Å². The zero-order valence-electron chi connectivity index (χ0n) is 18.3. The van der Waals surface area contributed by atoms with Crippen molar-refractivity contribution in [1.82, 2.24) is 9.55 Å². The van der Waals surface area contributed by atoms with Crippen LogP contribution in [-0.2, 0) is 13.2 Å². The van der Waals surface area contributed by atoms with Crippen molar-refractivity contribution >= 4 is 11.0 Å². The summed E-state index contributed by atoms with van der Waals surface area (Å²) >= 11 is 0. The molecular weight excluding hydrogens is 388 g/mol. The molecule has 0 atom stereocenters. The summed E-state index contributed by atoms with van der Waals surface area (Å²) in [4.78, 5) is 4.79. The molecule has 0 radical (unpaired) electrons. The van der Waals surface area contributed by atoms with Crippen molar-refractivity contribution in [3.05, 3.63) is 83.7 Å². The molecule has 5 heteroatoms. The molecule has 0 bridgehead atoms. The predicted molar refractivity (Wildman–Crippen MR) is 123 cm³/mol. The molecule has 5 nitrogen and oxygen atoms in total. The average molecular weight is 417 g/mol. The summed E-state index contributed by atoms with van der Waals surface area (Å²) < 4.78 is 19.4. The van der Waals surface area contributed by atoms with Crippen LogP contribution in [-0.4, -0.2) is 23.3 Å². The highest BCUT2D eigenvalue weighted by Gasteiger charge is 2.11. The summed E-state index contributed by atoms with van der Waals surface area (Å²) in [7, 11) is 1.65. The lowest BCUT2D eigenvalue weighted by atomic mass is 10.1. The van der Waals surface area contributed by atoms with Gasteiger partial charge in [-0.05, 0) is 79.9 Å². The van der Waals surface area contributed by atoms with E-state index in [0.717, 1.165) is 47.1 Å². The number of benzene rings is 3. The van der Waals surface area contributed by atoms with Crippen molar-refractivity contribution in [1.29, 1.82) is 0 Å². The predicted octanol–water partition coefficient (Wildman–Crippen LogP) is 5.71. The maximum Gasteiger partial charge on any atom is 0.147 e. The largest absolute Gasteiger partial charge is 0.497 e. The van der Waals surface area contributed by atoms with E-state index in [1.807, 2.05) is 48.5 Å². The second kappa shape index (κ2) is 9.56. The molecule has 0 saturated carbocycles. The van der Waals surface area contributed by atoms with E-state index in [1.54, 1.807) is 7.11 Å². The van der Waals surface area contributed by atoms with Crippen LogP contribution < -0.4 is 14.2 Å². The number of rotatable bonds is 9. The molecule has 0 aliphatic rings. The first kappa shape index (κ1) is 20.8. The second-order valence-electron chi connectivity index (χ2n) is 7.58. The molecule has 3 aromatic carbocycles. The molecule has 1 heterocycles. The Bertz CT molecular complexity index is 1150. The molecule has 1 aromatic heterocycles. The molecule has 0 saturated heterocycles. The molecular formula is C26H28N2O3. The van der Waals surface area contributed by atoms with Crippen LogP contribution in [0.2, 0.25) is 0 Å². The van der Waals surface area contributed by atoms with Crippen LogP contribution in [0.1, 0.15) is 23.4 Å². The molecule has 0 fully saturated rings. The normalized spacial score (nSPS) is 10.9. The molecule has 4 rings (SSSR count). The van der Waals surface area contributed by atoms with Crippen molar-refractivity contribution in [2.24, 2.45) is 0 Å². The molecule has 160 valence electrons. The van der Waals surface area contributed by atoms with E-state index in [0.29, 0.717) is 13.2 Å². The number of aryl methyl sites for hydroxylation is 3. The summed E-state index contributed by atoms with van der Waals surface area (Å²) in [5, 5.41) is 0. The van der Waals surface area contributed by atoms with Crippen LogP contribution in [0.25, 0.3) is 11.0 Å². The number of hydrogen-bond acceptors (Lipinski definition) is 4. The van der Waals surface area contributed by atoms with Gasteiger partial charge in [-0.15, -0.1) is 0 Å². The summed E-state index contributed by atoms with van der Waals surface area (Å²) in [5.74, 6) is 3.42. The first-order chi connectivity index (χ1) is 15.1. The number of para-hydroxylation sites is 2. The maximum absolute atomic E-state index is 5.99. The Labute approximate surface area is 183 Å². The lowest BCUT2D eigenvalue weighted by Gasteiger charge is -2.12. The molecule has 0 aliphatic carbocycles. The van der Waals surface area contributed by atoms with Gasteiger partial charge in [0.2, 0.25) is 0 Å². The second-order valence-corrected chi connectivity index (χ2v) is 7.58. The third-order valence-electron chi connectivity index (χ3n) is 5.43. The standard InChI is InChI=1S/C26H28N2O3/c1-19-9-10-23(17-20(19)2)30-16-6-15-28-25-8-5-4-7-24(25)27-26(28)18-31-22-13-11-21(29-3)12-14-22/h4-5,7-14,17H,6,15-16,18H2,1-3H3. The van der Waals surface area contributed by atoms with Gasteiger partial charge in [-0.25, -0.2) is 4.98 Å². The van der Waals surface area contributed by atoms with Crippen molar-refractivity contribution in [3.63, 3.8) is 0 Å². The van der Waals surface area contributed by atoms with Gasteiger partial charge in [-0.3, -0.25) is 0 Å². The Morgan fingerprint density at radius 2 is 1.55 bits per heavy atom. The Hall–Kier alpha value is -3.47. The highest BCUT2D eigenvalue weighted by molar-refractivity contribution is 5.75. The summed E-state index contributed by atoms with van der Waals surface area (Å²) in [6, 6.07) is 22.0. The molecule has 0 N–H and O–H groups in total. The minimum Gasteiger partial charge on any atom is -0.497 e. The molecule has 0 amide bonds. The zero-order chi connectivity index (χ0) is 21.6. The molecule has 4 aromatic rings. The Morgan fingerprint density at radius 1 is 0.806 bits per heavy atom. The topological polar surface area (TPSA) is 45.5 Å². The fraction of sp³-hybridized carbons (Fsp3) is 0.269. The van der Waals surface area contributed by atoms with Gasteiger partial charge in [0.15, 0.2) is 0 Å². The fourth-order valence-corrected chi connectivity index (χ4v) is 3.52. The number of ether oxygens (including phenoxy) is 3. The van der Waals surface area contributed by atoms with Gasteiger partial charge in [0.1, 0.15) is 29.7 Å². The van der Waals surface area contributed by atoms with E-state index in [2.05, 4.69) is 36.6 Å². The SMILES string of the molecule is COc1ccc(OCc2nc3ccccc3n2CCCOc2ccc(C)c(C)c2)cc1. The van der Waals surface area contributed by atoms with Crippen molar-refractivity contribution in [2.45, 2.75) is 33.4 Å². The van der Waals surface area contributed by atoms with E-state index < -0.39 is 0 Å². The van der Waals surface area contributed by atoms with Crippen LogP contribution in [0, 0.1) is 13.8 Å². The Morgan fingerprint density at radius 3 is 2.32 bits per heavy atom. The first-order valence-corrected chi connectivity index (χ1v) is 10.5. The van der Waals surface area contributed by atoms with Crippen LogP contribution in [0.4, 0.5) is 0 Å². The quantitative estimate of drug-likeness (QED) is 0.328. The van der Waals surface area contributed by atoms with Gasteiger partial charge in [-0.2, -0.15) is 0 Å². The minimum atomic E-state index is 0.402. The van der Waals surface area contributed by atoms with Crippen LogP contribution in [0.5, 0.6) is 17.2 Å². The monoisotopic (exact) mass is 416 g/mol. The Kier molecular flexibility index (Phi) is 6.41. The van der Waals surface area contributed by atoms with Gasteiger partial charge in [0.05, 0.1) is 24.8 Å². The van der Waals surface area contributed by atoms with Crippen molar-refractivity contribution in [3.8, 4) is 17.2 Å². The van der Waals surface area contributed by atoms with Gasteiger partial charge >= 0.3 is 0 Å². The Balaban J connectivity index is 1.42. The first-order valence-electron chi connectivity index (χ1n) is 10.5. The molecule has 0 aliphatic heterocycles. The number of imidazole rings is 1. The average Bonchev–Trinajstić information content (AvgIpc) is 3.15. The van der Waals surface area contributed by atoms with Crippen LogP contribution in [0.3, 0.4) is 0 Å². The lowest BCUT2D eigenvalue weighted by molar-refractivity contribution is 0.280. The smallest absolute Gasteiger partial charge is 0.147 e. The number of aromatic nitrogens is 2. The number of nitrogens with zero attached hydrogens (tertiary/aromatic N) is 2. The summed E-state index contributed by atoms with van der Waals surface area (Å²) in [5.41, 5.74) is 4.61.